The molecule has 3 aromatic rings. The lowest BCUT2D eigenvalue weighted by Crippen LogP contribution is -2.35. The van der Waals surface area contributed by atoms with E-state index in [1.54, 1.807) is 42.5 Å². The van der Waals surface area contributed by atoms with Crippen LogP contribution >= 0.6 is 34.7 Å². The number of benzene rings is 2. The number of carbonyl (C=O) groups is 2. The molecule has 0 aliphatic rings. The maximum atomic E-state index is 13.8. The minimum atomic E-state index is -0.387. The van der Waals surface area contributed by atoms with Crippen LogP contribution in [0.2, 0.25) is 5.02 Å². The van der Waals surface area contributed by atoms with Crippen molar-refractivity contribution >= 4 is 52.6 Å². The smallest absolute Gasteiger partial charge is 0.267 e. The van der Waals surface area contributed by atoms with E-state index in [-0.39, 0.29) is 23.3 Å². The molecule has 0 atom stereocenters. The predicted octanol–water partition coefficient (Wildman–Crippen LogP) is 5.36. The van der Waals surface area contributed by atoms with Crippen LogP contribution in [0.25, 0.3) is 6.08 Å². The summed E-state index contributed by atoms with van der Waals surface area (Å²) < 4.78 is 13.8. The second kappa shape index (κ2) is 11.7. The van der Waals surface area contributed by atoms with Crippen LogP contribution in [-0.2, 0) is 10.5 Å². The molecule has 8 heteroatoms. The number of thiophene rings is 1. The number of nitrogens with one attached hydrogen (secondary N) is 2. The SMILES string of the molecule is O=C(NCCSCc1c(F)cccc1Cl)/C(=C/c1cccs1)NC(=O)c1ccccc1. The van der Waals surface area contributed by atoms with Gasteiger partial charge in [0.15, 0.2) is 0 Å². The number of amides is 2. The molecule has 1 aromatic heterocycles. The van der Waals surface area contributed by atoms with Gasteiger partial charge in [-0.15, -0.1) is 11.3 Å². The Morgan fingerprint density at radius 3 is 2.58 bits per heavy atom. The predicted molar refractivity (Wildman–Crippen MR) is 127 cm³/mol. The number of rotatable bonds is 9. The molecule has 3 rings (SSSR count). The fourth-order valence-electron chi connectivity index (χ4n) is 2.63. The third-order valence-electron chi connectivity index (χ3n) is 4.20. The van der Waals surface area contributed by atoms with E-state index >= 15 is 0 Å². The van der Waals surface area contributed by atoms with Crippen molar-refractivity contribution in [3.05, 3.63) is 98.6 Å². The molecule has 0 spiro atoms. The minimum Gasteiger partial charge on any atom is -0.350 e. The highest BCUT2D eigenvalue weighted by atomic mass is 35.5. The van der Waals surface area contributed by atoms with Crippen LogP contribution in [-0.4, -0.2) is 24.1 Å². The normalized spacial score (nSPS) is 11.2. The van der Waals surface area contributed by atoms with Crippen molar-refractivity contribution in [2.24, 2.45) is 0 Å². The van der Waals surface area contributed by atoms with Crippen LogP contribution in [0.1, 0.15) is 20.8 Å². The molecule has 0 radical (unpaired) electrons. The fraction of sp³-hybridized carbons (Fsp3) is 0.130. The van der Waals surface area contributed by atoms with E-state index in [1.165, 1.54) is 29.2 Å². The Morgan fingerprint density at radius 1 is 1.06 bits per heavy atom. The van der Waals surface area contributed by atoms with E-state index in [4.69, 9.17) is 11.6 Å². The average molecular weight is 475 g/mol. The Kier molecular flexibility index (Phi) is 8.70. The van der Waals surface area contributed by atoms with Crippen molar-refractivity contribution in [3.8, 4) is 0 Å². The van der Waals surface area contributed by atoms with E-state index in [0.717, 1.165) is 4.88 Å². The monoisotopic (exact) mass is 474 g/mol. The van der Waals surface area contributed by atoms with Crippen molar-refractivity contribution in [1.82, 2.24) is 10.6 Å². The summed E-state index contributed by atoms with van der Waals surface area (Å²) in [6.45, 7) is 0.360. The fourth-order valence-corrected chi connectivity index (χ4v) is 4.49. The number of hydrogen-bond acceptors (Lipinski definition) is 4. The second-order valence-corrected chi connectivity index (χ2v) is 8.89. The van der Waals surface area contributed by atoms with Gasteiger partial charge in [0.05, 0.1) is 0 Å². The lowest BCUT2D eigenvalue weighted by atomic mass is 10.2. The Labute approximate surface area is 193 Å². The van der Waals surface area contributed by atoms with Gasteiger partial charge < -0.3 is 10.6 Å². The van der Waals surface area contributed by atoms with Gasteiger partial charge in [0, 0.05) is 39.1 Å². The first kappa shape index (κ1) is 23.1. The highest BCUT2D eigenvalue weighted by Crippen LogP contribution is 2.23. The quantitative estimate of drug-likeness (QED) is 0.324. The summed E-state index contributed by atoms with van der Waals surface area (Å²) in [5.74, 6) is -0.113. The van der Waals surface area contributed by atoms with Crippen molar-refractivity contribution in [2.45, 2.75) is 5.75 Å². The van der Waals surface area contributed by atoms with Crippen LogP contribution in [0.3, 0.4) is 0 Å². The Bertz CT molecular complexity index is 1040. The standard InChI is InChI=1S/C23H20ClFN2O2S2/c24-19-9-4-10-20(25)18(19)15-30-13-11-26-23(29)21(14-17-8-5-12-31-17)27-22(28)16-6-2-1-3-7-16/h1-10,12,14H,11,13,15H2,(H,26,29)(H,27,28)/b21-14-. The summed E-state index contributed by atoms with van der Waals surface area (Å²) in [6, 6.07) is 17.0. The van der Waals surface area contributed by atoms with Gasteiger partial charge in [-0.3, -0.25) is 9.59 Å². The molecule has 2 N–H and O–H groups in total. The molecule has 0 unspecified atom stereocenters. The molecule has 2 amide bonds. The molecule has 160 valence electrons. The highest BCUT2D eigenvalue weighted by Gasteiger charge is 2.15. The van der Waals surface area contributed by atoms with Gasteiger partial charge in [-0.25, -0.2) is 4.39 Å². The van der Waals surface area contributed by atoms with Gasteiger partial charge in [-0.1, -0.05) is 41.9 Å². The maximum absolute atomic E-state index is 13.8. The van der Waals surface area contributed by atoms with Gasteiger partial charge in [0.2, 0.25) is 0 Å². The second-order valence-electron chi connectivity index (χ2n) is 6.40. The molecule has 0 aliphatic heterocycles. The van der Waals surface area contributed by atoms with Crippen molar-refractivity contribution in [3.63, 3.8) is 0 Å². The van der Waals surface area contributed by atoms with E-state index in [1.807, 2.05) is 23.6 Å². The molecule has 0 fully saturated rings. The van der Waals surface area contributed by atoms with Crippen molar-refractivity contribution < 1.29 is 14.0 Å². The van der Waals surface area contributed by atoms with Crippen molar-refractivity contribution in [2.75, 3.05) is 12.3 Å². The summed E-state index contributed by atoms with van der Waals surface area (Å²) in [7, 11) is 0. The molecule has 4 nitrogen and oxygen atoms in total. The van der Waals surface area contributed by atoms with E-state index in [0.29, 0.717) is 34.2 Å². The van der Waals surface area contributed by atoms with E-state index in [9.17, 15) is 14.0 Å². The molecule has 0 bridgehead atoms. The van der Waals surface area contributed by atoms with E-state index in [2.05, 4.69) is 10.6 Å². The lowest BCUT2D eigenvalue weighted by Gasteiger charge is -2.11. The van der Waals surface area contributed by atoms with Gasteiger partial charge in [-0.2, -0.15) is 11.8 Å². The zero-order valence-electron chi connectivity index (χ0n) is 16.4. The largest absolute Gasteiger partial charge is 0.350 e. The number of thioether (sulfide) groups is 1. The minimum absolute atomic E-state index is 0.165. The Hall–Kier alpha value is -2.61. The molecule has 2 aromatic carbocycles. The third-order valence-corrected chi connectivity index (χ3v) is 6.36. The van der Waals surface area contributed by atoms with Crippen LogP contribution in [0.4, 0.5) is 4.39 Å². The van der Waals surface area contributed by atoms with Crippen LogP contribution in [0, 0.1) is 5.82 Å². The van der Waals surface area contributed by atoms with Gasteiger partial charge in [0.25, 0.3) is 11.8 Å². The average Bonchev–Trinajstić information content (AvgIpc) is 3.28. The summed E-state index contributed by atoms with van der Waals surface area (Å²) in [6.07, 6.45) is 1.65. The first-order valence-corrected chi connectivity index (χ1v) is 11.9. The summed E-state index contributed by atoms with van der Waals surface area (Å²) in [4.78, 5) is 26.1. The topological polar surface area (TPSA) is 58.2 Å². The van der Waals surface area contributed by atoms with Gasteiger partial charge in [0.1, 0.15) is 11.5 Å². The van der Waals surface area contributed by atoms with Crippen LogP contribution in [0.15, 0.2) is 71.7 Å². The Balaban J connectivity index is 1.56. The number of carbonyl (C=O) groups excluding carboxylic acids is 2. The maximum Gasteiger partial charge on any atom is 0.267 e. The number of halogens is 2. The van der Waals surface area contributed by atoms with Crippen molar-refractivity contribution in [1.29, 1.82) is 0 Å². The molecule has 31 heavy (non-hydrogen) atoms. The molecular weight excluding hydrogens is 455 g/mol. The zero-order chi connectivity index (χ0) is 22.1. The van der Waals surface area contributed by atoms with Gasteiger partial charge in [-0.05, 0) is 41.8 Å². The first-order valence-electron chi connectivity index (χ1n) is 9.45. The molecule has 0 aliphatic carbocycles. The summed E-state index contributed by atoms with van der Waals surface area (Å²) >= 11 is 8.96. The van der Waals surface area contributed by atoms with Crippen LogP contribution in [0.5, 0.6) is 0 Å². The lowest BCUT2D eigenvalue weighted by molar-refractivity contribution is -0.117. The molecule has 0 saturated carbocycles. The first-order chi connectivity index (χ1) is 15.0. The third kappa shape index (κ3) is 6.95. The Morgan fingerprint density at radius 2 is 1.87 bits per heavy atom. The summed E-state index contributed by atoms with van der Waals surface area (Å²) in [5, 5.41) is 7.78. The molecular formula is C23H20ClFN2O2S2. The number of hydrogen-bond donors (Lipinski definition) is 2. The van der Waals surface area contributed by atoms with E-state index < -0.39 is 0 Å². The molecule has 0 saturated heterocycles. The zero-order valence-corrected chi connectivity index (χ0v) is 18.8. The molecule has 1 heterocycles. The summed E-state index contributed by atoms with van der Waals surface area (Å²) in [5.41, 5.74) is 1.08. The highest BCUT2D eigenvalue weighted by molar-refractivity contribution is 7.98. The van der Waals surface area contributed by atoms with Gasteiger partial charge >= 0.3 is 0 Å². The van der Waals surface area contributed by atoms with Crippen LogP contribution < -0.4 is 10.6 Å².